The van der Waals surface area contributed by atoms with E-state index >= 15 is 0 Å². The highest BCUT2D eigenvalue weighted by atomic mass is 15.1. The van der Waals surface area contributed by atoms with Crippen LogP contribution in [-0.2, 0) is 17.3 Å². The van der Waals surface area contributed by atoms with Gasteiger partial charge in [-0.3, -0.25) is 0 Å². The highest BCUT2D eigenvalue weighted by molar-refractivity contribution is 5.91. The summed E-state index contributed by atoms with van der Waals surface area (Å²) in [5.41, 5.74) is 25.2. The van der Waals surface area contributed by atoms with Crippen molar-refractivity contribution in [2.75, 3.05) is 4.90 Å². The molecule has 4 aliphatic rings. The Bertz CT molecular complexity index is 3090. The topological polar surface area (TPSA) is 3.24 Å². The molecule has 1 heteroatoms. The van der Waals surface area contributed by atoms with E-state index in [-0.39, 0.29) is 10.8 Å². The fraction of sp³-hybridized carbons (Fsp3) is 0.133. The van der Waals surface area contributed by atoms with E-state index in [1.54, 1.807) is 0 Å². The van der Waals surface area contributed by atoms with Gasteiger partial charge in [-0.05, 0) is 152 Å². The van der Waals surface area contributed by atoms with E-state index in [1.165, 1.54) is 89.0 Å². The van der Waals surface area contributed by atoms with Crippen LogP contribution in [0.4, 0.5) is 17.1 Å². The minimum Gasteiger partial charge on any atom is -0.310 e. The van der Waals surface area contributed by atoms with Crippen LogP contribution >= 0.6 is 0 Å². The van der Waals surface area contributed by atoms with Crippen molar-refractivity contribution in [3.05, 3.63) is 239 Å². The van der Waals surface area contributed by atoms with E-state index in [0.29, 0.717) is 0 Å². The molecule has 0 radical (unpaired) electrons. The van der Waals surface area contributed by atoms with Gasteiger partial charge >= 0.3 is 0 Å². The zero-order valence-electron chi connectivity index (χ0n) is 34.8. The Balaban J connectivity index is 0.933. The summed E-state index contributed by atoms with van der Waals surface area (Å²) in [5, 5.41) is 0. The molecule has 61 heavy (non-hydrogen) atoms. The molecular weight excluding hydrogens is 735 g/mol. The van der Waals surface area contributed by atoms with Gasteiger partial charge in [0.2, 0.25) is 0 Å². The van der Waals surface area contributed by atoms with Crippen LogP contribution in [0.2, 0.25) is 0 Å². The quantitative estimate of drug-likeness (QED) is 0.162. The van der Waals surface area contributed by atoms with Crippen molar-refractivity contribution in [2.45, 2.75) is 50.4 Å². The summed E-state index contributed by atoms with van der Waals surface area (Å²) >= 11 is 0. The van der Waals surface area contributed by atoms with E-state index in [1.807, 2.05) is 0 Å². The lowest BCUT2D eigenvalue weighted by Gasteiger charge is -2.29. The molecule has 1 nitrogen and oxygen atoms in total. The third-order valence-corrected chi connectivity index (χ3v) is 14.4. The summed E-state index contributed by atoms with van der Waals surface area (Å²) in [6.07, 6.45) is 9.19. The standard InChI is InChI=1S/C60H47N/c1-59(2)54-21-11-7-18-49(54)51-34-28-44(38-56(51)59)40-24-30-46(31-25-40)61(58-23-13-9-17-48(58)42-14-4-3-5-15-42)47-32-26-41(27-33-47)45-29-35-52-50-19-8-12-22-55(50)60(57(52)39-45)37-36-43-16-6-10-20-53(43)60/h3-6,8-17,19-35,38-39H,7,18,36-37H2,1-2H3. The predicted molar refractivity (Wildman–Crippen MR) is 256 cm³/mol. The predicted octanol–water partition coefficient (Wildman–Crippen LogP) is 15.8. The smallest absolute Gasteiger partial charge is 0.0540 e. The Labute approximate surface area is 360 Å². The highest BCUT2D eigenvalue weighted by Crippen LogP contribution is 2.59. The number of rotatable bonds is 6. The van der Waals surface area contributed by atoms with Crippen LogP contribution < -0.4 is 4.90 Å². The van der Waals surface area contributed by atoms with Gasteiger partial charge in [-0.2, -0.15) is 0 Å². The molecule has 4 aliphatic carbocycles. The maximum Gasteiger partial charge on any atom is 0.0540 e. The SMILES string of the molecule is CC1(C)C2=C(CCC=C2)c2ccc(-c3ccc(N(c4ccc(-c5ccc6c(c5)C5(CCc7ccccc75)c5ccccc5-6)cc4)c4ccccc4-c4ccccc4)cc3)cc21. The van der Waals surface area contributed by atoms with Gasteiger partial charge in [0.1, 0.15) is 0 Å². The third kappa shape index (κ3) is 5.46. The number of nitrogens with zero attached hydrogens (tertiary/aromatic N) is 1. The van der Waals surface area contributed by atoms with E-state index in [0.717, 1.165) is 42.7 Å². The molecule has 292 valence electrons. The van der Waals surface area contributed by atoms with Crippen LogP contribution in [0, 0.1) is 0 Å². The minimum atomic E-state index is -0.105. The lowest BCUT2D eigenvalue weighted by atomic mass is 9.73. The van der Waals surface area contributed by atoms with Gasteiger partial charge in [-0.25, -0.2) is 0 Å². The second-order valence-electron chi connectivity index (χ2n) is 17.9. The van der Waals surface area contributed by atoms with Crippen molar-refractivity contribution in [3.63, 3.8) is 0 Å². The molecule has 0 bridgehead atoms. The molecule has 1 spiro atoms. The number of hydrogen-bond acceptors (Lipinski definition) is 1. The fourth-order valence-electron chi connectivity index (χ4n) is 11.5. The highest BCUT2D eigenvalue weighted by Gasteiger charge is 2.48. The van der Waals surface area contributed by atoms with E-state index in [9.17, 15) is 0 Å². The summed E-state index contributed by atoms with van der Waals surface area (Å²) in [6, 6.07) is 70.6. The average Bonchev–Trinajstić information content (AvgIpc) is 3.93. The molecule has 0 amide bonds. The second kappa shape index (κ2) is 13.8. The Morgan fingerprint density at radius 1 is 0.426 bits per heavy atom. The summed E-state index contributed by atoms with van der Waals surface area (Å²) in [4.78, 5) is 2.43. The zero-order chi connectivity index (χ0) is 40.7. The van der Waals surface area contributed by atoms with Crippen LogP contribution in [0.25, 0.3) is 50.1 Å². The summed E-state index contributed by atoms with van der Waals surface area (Å²) in [7, 11) is 0. The van der Waals surface area contributed by atoms with Crippen molar-refractivity contribution >= 4 is 22.6 Å². The van der Waals surface area contributed by atoms with Crippen LogP contribution in [0.5, 0.6) is 0 Å². The van der Waals surface area contributed by atoms with Crippen molar-refractivity contribution in [3.8, 4) is 44.5 Å². The van der Waals surface area contributed by atoms with Gasteiger partial charge in [0.15, 0.2) is 0 Å². The van der Waals surface area contributed by atoms with Gasteiger partial charge in [-0.15, -0.1) is 0 Å². The molecule has 0 fully saturated rings. The molecule has 0 aromatic heterocycles. The van der Waals surface area contributed by atoms with Gasteiger partial charge in [0.05, 0.1) is 5.69 Å². The Hall–Kier alpha value is -6.96. The minimum absolute atomic E-state index is 0.00971. The van der Waals surface area contributed by atoms with Crippen molar-refractivity contribution < 1.29 is 0 Å². The monoisotopic (exact) mass is 781 g/mol. The zero-order valence-corrected chi connectivity index (χ0v) is 34.8. The molecule has 8 aromatic rings. The first-order valence-electron chi connectivity index (χ1n) is 22.0. The molecule has 8 aromatic carbocycles. The largest absolute Gasteiger partial charge is 0.310 e. The first kappa shape index (κ1) is 35.9. The second-order valence-corrected chi connectivity index (χ2v) is 17.9. The van der Waals surface area contributed by atoms with Crippen LogP contribution in [0.3, 0.4) is 0 Å². The number of anilines is 3. The summed E-state index contributed by atoms with van der Waals surface area (Å²) in [5.74, 6) is 0. The van der Waals surface area contributed by atoms with Crippen LogP contribution in [0.15, 0.2) is 206 Å². The summed E-state index contributed by atoms with van der Waals surface area (Å²) < 4.78 is 0. The molecule has 0 saturated carbocycles. The number of allylic oxidation sites excluding steroid dienone is 4. The van der Waals surface area contributed by atoms with Crippen LogP contribution in [0.1, 0.15) is 66.5 Å². The number of fused-ring (bicyclic) bond motifs is 9. The normalized spacial score (nSPS) is 17.5. The molecule has 0 N–H and O–H groups in total. The number of para-hydroxylation sites is 1. The lowest BCUT2D eigenvalue weighted by Crippen LogP contribution is -2.23. The Morgan fingerprint density at radius 3 is 1.74 bits per heavy atom. The number of benzene rings is 8. The first-order valence-corrected chi connectivity index (χ1v) is 22.0. The van der Waals surface area contributed by atoms with E-state index in [4.69, 9.17) is 0 Å². The third-order valence-electron chi connectivity index (χ3n) is 14.4. The number of hydrogen-bond donors (Lipinski definition) is 0. The maximum atomic E-state index is 2.50. The van der Waals surface area contributed by atoms with E-state index in [2.05, 4.69) is 219 Å². The Kier molecular flexibility index (Phi) is 8.13. The maximum absolute atomic E-state index is 2.50. The lowest BCUT2D eigenvalue weighted by molar-refractivity contribution is 0.626. The van der Waals surface area contributed by atoms with Crippen molar-refractivity contribution in [1.29, 1.82) is 0 Å². The molecule has 1 unspecified atom stereocenters. The average molecular weight is 782 g/mol. The van der Waals surface area contributed by atoms with Crippen molar-refractivity contribution in [1.82, 2.24) is 0 Å². The molecule has 0 saturated heterocycles. The first-order chi connectivity index (χ1) is 30.0. The van der Waals surface area contributed by atoms with Gasteiger partial charge in [0, 0.05) is 27.8 Å². The Morgan fingerprint density at radius 2 is 1.00 bits per heavy atom. The van der Waals surface area contributed by atoms with Gasteiger partial charge in [0.25, 0.3) is 0 Å². The van der Waals surface area contributed by atoms with Crippen molar-refractivity contribution in [2.24, 2.45) is 0 Å². The molecule has 0 aliphatic heterocycles. The van der Waals surface area contributed by atoms with Gasteiger partial charge < -0.3 is 4.90 Å². The molecule has 0 heterocycles. The molecular formula is C60H47N. The molecule has 12 rings (SSSR count). The van der Waals surface area contributed by atoms with Crippen LogP contribution in [-0.4, -0.2) is 0 Å². The molecule has 1 atom stereocenters. The van der Waals surface area contributed by atoms with E-state index < -0.39 is 0 Å². The van der Waals surface area contributed by atoms with Gasteiger partial charge in [-0.1, -0.05) is 172 Å². The number of aryl methyl sites for hydroxylation is 1. The summed E-state index contributed by atoms with van der Waals surface area (Å²) in [6.45, 7) is 4.78. The fourth-order valence-corrected chi connectivity index (χ4v) is 11.5.